The Balaban J connectivity index is 2.01. The highest BCUT2D eigenvalue weighted by Gasteiger charge is 2.66. The van der Waals surface area contributed by atoms with E-state index in [0.717, 1.165) is 12.8 Å². The van der Waals surface area contributed by atoms with Crippen molar-refractivity contribution in [2.45, 2.75) is 57.5 Å². The van der Waals surface area contributed by atoms with E-state index >= 15 is 0 Å². The van der Waals surface area contributed by atoms with Gasteiger partial charge in [-0.3, -0.25) is 4.79 Å². The fraction of sp³-hybridized carbons (Fsp3) is 0.923. The number of nitrogens with zero attached hydrogens (tertiary/aromatic N) is 1. The van der Waals surface area contributed by atoms with Gasteiger partial charge in [-0.1, -0.05) is 13.3 Å². The molecule has 0 heterocycles. The largest absolute Gasteiger partial charge is 0.481 e. The number of hydrogen-bond donors (Lipinski definition) is 1. The molecule has 0 amide bonds. The summed E-state index contributed by atoms with van der Waals surface area (Å²) in [6, 6.07) is 0. The standard InChI is InChI=1S/C13H19NO5/c1-2-11-3-9-4-12(6-11,10(15)16)8-13(5-9,7-11)19-14(17)18/h9H,2-8H2,1H3,(H,15,16). The van der Waals surface area contributed by atoms with Gasteiger partial charge in [0.05, 0.1) is 5.41 Å². The van der Waals surface area contributed by atoms with Crippen LogP contribution in [0.3, 0.4) is 0 Å². The average Bonchev–Trinajstić information content (AvgIpc) is 2.25. The van der Waals surface area contributed by atoms with Crippen molar-refractivity contribution in [3.63, 3.8) is 0 Å². The number of hydrogen-bond acceptors (Lipinski definition) is 4. The van der Waals surface area contributed by atoms with Crippen molar-refractivity contribution >= 4 is 5.97 Å². The Bertz CT molecular complexity index is 452. The molecule has 4 saturated carbocycles. The second-order valence-corrected chi connectivity index (χ2v) is 6.95. The van der Waals surface area contributed by atoms with E-state index in [9.17, 15) is 20.0 Å². The van der Waals surface area contributed by atoms with Crippen LogP contribution in [0.2, 0.25) is 0 Å². The van der Waals surface area contributed by atoms with E-state index in [4.69, 9.17) is 4.84 Å². The Labute approximate surface area is 111 Å². The summed E-state index contributed by atoms with van der Waals surface area (Å²) in [6.45, 7) is 2.06. The minimum absolute atomic E-state index is 0.0756. The quantitative estimate of drug-likeness (QED) is 0.625. The van der Waals surface area contributed by atoms with Crippen LogP contribution in [0, 0.1) is 26.9 Å². The molecule has 6 heteroatoms. The zero-order valence-corrected chi connectivity index (χ0v) is 11.1. The van der Waals surface area contributed by atoms with Crippen molar-refractivity contribution < 1.29 is 19.8 Å². The third-order valence-electron chi connectivity index (χ3n) is 5.60. The van der Waals surface area contributed by atoms with Crippen molar-refractivity contribution in [2.24, 2.45) is 16.7 Å². The van der Waals surface area contributed by atoms with Gasteiger partial charge < -0.3 is 9.94 Å². The SMILES string of the molecule is CCC12CC3CC(O[N+](=O)[O-])(C1)CC(C(=O)O)(C3)C2. The Morgan fingerprint density at radius 2 is 2.11 bits per heavy atom. The van der Waals surface area contributed by atoms with Crippen LogP contribution in [0.15, 0.2) is 0 Å². The molecule has 4 unspecified atom stereocenters. The maximum absolute atomic E-state index is 11.7. The molecule has 19 heavy (non-hydrogen) atoms. The summed E-state index contributed by atoms with van der Waals surface area (Å²) in [5, 5.41) is 19.7. The van der Waals surface area contributed by atoms with Gasteiger partial charge in [-0.2, -0.15) is 0 Å². The number of carbonyl (C=O) groups is 1. The molecule has 6 nitrogen and oxygen atoms in total. The molecular weight excluding hydrogens is 250 g/mol. The highest BCUT2D eigenvalue weighted by Crippen LogP contribution is 2.68. The zero-order chi connectivity index (χ0) is 13.9. The van der Waals surface area contributed by atoms with Gasteiger partial charge in [-0.15, -0.1) is 10.1 Å². The summed E-state index contributed by atoms with van der Waals surface area (Å²) in [7, 11) is 0. The van der Waals surface area contributed by atoms with Crippen LogP contribution in [-0.2, 0) is 9.63 Å². The molecule has 4 bridgehead atoms. The fourth-order valence-electron chi connectivity index (χ4n) is 5.44. The van der Waals surface area contributed by atoms with Gasteiger partial charge in [0.25, 0.3) is 5.09 Å². The molecule has 4 fully saturated rings. The van der Waals surface area contributed by atoms with Crippen LogP contribution in [0.25, 0.3) is 0 Å². The lowest BCUT2D eigenvalue weighted by Crippen LogP contribution is -2.63. The van der Waals surface area contributed by atoms with Crippen LogP contribution >= 0.6 is 0 Å². The molecule has 4 rings (SSSR count). The molecule has 0 radical (unpaired) electrons. The van der Waals surface area contributed by atoms with Crippen molar-refractivity contribution in [3.05, 3.63) is 10.1 Å². The first-order valence-corrected chi connectivity index (χ1v) is 6.90. The van der Waals surface area contributed by atoms with Gasteiger partial charge in [-0.05, 0) is 49.9 Å². The van der Waals surface area contributed by atoms with E-state index < -0.39 is 22.1 Å². The number of carboxylic acid groups (broad SMARTS) is 1. The second-order valence-electron chi connectivity index (χ2n) is 6.95. The molecule has 0 aromatic heterocycles. The first-order chi connectivity index (χ1) is 8.83. The van der Waals surface area contributed by atoms with E-state index in [-0.39, 0.29) is 11.3 Å². The number of aliphatic carboxylic acids is 1. The van der Waals surface area contributed by atoms with Crippen molar-refractivity contribution in [1.82, 2.24) is 0 Å². The van der Waals surface area contributed by atoms with Crippen molar-refractivity contribution in [2.75, 3.05) is 0 Å². The van der Waals surface area contributed by atoms with Gasteiger partial charge in [-0.25, -0.2) is 0 Å². The van der Waals surface area contributed by atoms with Crippen molar-refractivity contribution in [1.29, 1.82) is 0 Å². The Morgan fingerprint density at radius 1 is 1.37 bits per heavy atom. The molecule has 0 saturated heterocycles. The molecule has 4 aliphatic rings. The van der Waals surface area contributed by atoms with E-state index in [2.05, 4.69) is 6.92 Å². The van der Waals surface area contributed by atoms with Crippen LogP contribution in [0.1, 0.15) is 51.9 Å². The average molecular weight is 269 g/mol. The topological polar surface area (TPSA) is 89.7 Å². The minimum atomic E-state index is -0.850. The lowest BCUT2D eigenvalue weighted by atomic mass is 9.42. The van der Waals surface area contributed by atoms with E-state index in [1.807, 2.05) is 0 Å². The van der Waals surface area contributed by atoms with Crippen LogP contribution in [0.5, 0.6) is 0 Å². The van der Waals surface area contributed by atoms with Crippen molar-refractivity contribution in [3.8, 4) is 0 Å². The van der Waals surface area contributed by atoms with Gasteiger partial charge in [0, 0.05) is 0 Å². The normalized spacial score (nSPS) is 47.1. The maximum atomic E-state index is 11.7. The predicted molar refractivity (Wildman–Crippen MR) is 64.8 cm³/mol. The molecule has 0 spiro atoms. The van der Waals surface area contributed by atoms with Gasteiger partial charge in [0.15, 0.2) is 0 Å². The Morgan fingerprint density at radius 3 is 2.68 bits per heavy atom. The lowest BCUT2D eigenvalue weighted by Gasteiger charge is -2.64. The Hall–Kier alpha value is -1.33. The molecule has 0 aliphatic heterocycles. The fourth-order valence-corrected chi connectivity index (χ4v) is 5.44. The van der Waals surface area contributed by atoms with Crippen LogP contribution < -0.4 is 0 Å². The third-order valence-corrected chi connectivity index (χ3v) is 5.60. The predicted octanol–water partition coefficient (Wildman–Crippen LogP) is 2.40. The summed E-state index contributed by atoms with van der Waals surface area (Å²) in [4.78, 5) is 27.5. The van der Waals surface area contributed by atoms with Gasteiger partial charge in [0.1, 0.15) is 5.60 Å². The van der Waals surface area contributed by atoms with E-state index in [1.54, 1.807) is 0 Å². The molecule has 4 atom stereocenters. The lowest BCUT2D eigenvalue weighted by molar-refractivity contribution is -0.786. The van der Waals surface area contributed by atoms with Crippen LogP contribution in [-0.4, -0.2) is 21.8 Å². The second kappa shape index (κ2) is 3.61. The van der Waals surface area contributed by atoms with Crippen LogP contribution in [0.4, 0.5) is 0 Å². The summed E-state index contributed by atoms with van der Waals surface area (Å²) < 4.78 is 0. The molecular formula is C13H19NO5. The monoisotopic (exact) mass is 269 g/mol. The maximum Gasteiger partial charge on any atom is 0.309 e. The highest BCUT2D eigenvalue weighted by atomic mass is 17.0. The van der Waals surface area contributed by atoms with E-state index in [1.165, 1.54) is 0 Å². The molecule has 106 valence electrons. The number of rotatable bonds is 4. The third kappa shape index (κ3) is 1.72. The smallest absolute Gasteiger partial charge is 0.309 e. The minimum Gasteiger partial charge on any atom is -0.481 e. The molecule has 0 aromatic carbocycles. The van der Waals surface area contributed by atoms with Gasteiger partial charge in [0.2, 0.25) is 0 Å². The molecule has 1 N–H and O–H groups in total. The summed E-state index contributed by atoms with van der Waals surface area (Å²) in [5.74, 6) is -0.544. The Kier molecular flexibility index (Phi) is 2.41. The van der Waals surface area contributed by atoms with Gasteiger partial charge >= 0.3 is 5.97 Å². The molecule has 4 aliphatic carbocycles. The number of carboxylic acids is 1. The molecule has 0 aromatic rings. The first-order valence-electron chi connectivity index (χ1n) is 6.90. The summed E-state index contributed by atoms with van der Waals surface area (Å²) >= 11 is 0. The summed E-state index contributed by atoms with van der Waals surface area (Å²) in [5.41, 5.74) is -1.73. The first kappa shape index (κ1) is 12.7. The van der Waals surface area contributed by atoms with E-state index in [0.29, 0.717) is 32.1 Å². The highest BCUT2D eigenvalue weighted by molar-refractivity contribution is 5.75. The summed E-state index contributed by atoms with van der Waals surface area (Å²) in [6.07, 6.45) is 4.78. The zero-order valence-electron chi connectivity index (χ0n) is 11.1.